The Morgan fingerprint density at radius 1 is 0.600 bits per heavy atom. The number of hydrogen-bond acceptors (Lipinski definition) is 0. The molecule has 0 aliphatic rings. The van der Waals surface area contributed by atoms with Crippen LogP contribution in [0.4, 0.5) is 0 Å². The van der Waals surface area contributed by atoms with E-state index in [1.807, 2.05) is 0 Å². The quantitative estimate of drug-likeness (QED) is 0.639. The predicted molar refractivity (Wildman–Crippen MR) is 88.4 cm³/mol. The lowest BCUT2D eigenvalue weighted by atomic mass is 10.4. The minimum absolute atomic E-state index is 0.534. The molecule has 3 rings (SSSR count). The minimum atomic E-state index is -0.534. The summed E-state index contributed by atoms with van der Waals surface area (Å²) in [6, 6.07) is 26.0. The molecule has 0 saturated heterocycles. The number of hydrogen-bond donors (Lipinski definition) is 0. The van der Waals surface area contributed by atoms with E-state index in [9.17, 15) is 0 Å². The minimum Gasteiger partial charge on any atom is -0.320 e. The standard InChI is InChI=1S/C18H18NP/c1-15-13-14-16(2)19(15)20(17-9-5-3-6-10-17)18-11-7-4-8-12-18/h3-14H,1-2H3. The molecule has 1 aromatic heterocycles. The van der Waals surface area contributed by atoms with E-state index >= 15 is 0 Å². The maximum Gasteiger partial charge on any atom is 0.0591 e. The highest BCUT2D eigenvalue weighted by molar-refractivity contribution is 7.71. The molecule has 2 aromatic carbocycles. The summed E-state index contributed by atoms with van der Waals surface area (Å²) in [5.74, 6) is 0. The van der Waals surface area contributed by atoms with Crippen LogP contribution in [0.25, 0.3) is 0 Å². The van der Waals surface area contributed by atoms with E-state index in [2.05, 4.69) is 91.0 Å². The predicted octanol–water partition coefficient (Wildman–Crippen LogP) is 4.00. The van der Waals surface area contributed by atoms with E-state index in [1.54, 1.807) is 0 Å². The Bertz CT molecular complexity index is 627. The topological polar surface area (TPSA) is 4.93 Å². The molecule has 0 radical (unpaired) electrons. The summed E-state index contributed by atoms with van der Waals surface area (Å²) in [4.78, 5) is 0. The number of rotatable bonds is 3. The molecular formula is C18H18NP. The molecule has 0 N–H and O–H groups in total. The van der Waals surface area contributed by atoms with Crippen molar-refractivity contribution in [2.75, 3.05) is 0 Å². The molecule has 0 saturated carbocycles. The highest BCUT2D eigenvalue weighted by atomic mass is 31.1. The van der Waals surface area contributed by atoms with Gasteiger partial charge in [-0.15, -0.1) is 0 Å². The van der Waals surface area contributed by atoms with Gasteiger partial charge in [-0.05, 0) is 26.0 Å². The van der Waals surface area contributed by atoms with Gasteiger partial charge >= 0.3 is 0 Å². The first-order valence-corrected chi connectivity index (χ1v) is 8.12. The molecule has 3 aromatic rings. The summed E-state index contributed by atoms with van der Waals surface area (Å²) in [5, 5.41) is 2.77. The molecule has 0 amide bonds. The van der Waals surface area contributed by atoms with Crippen molar-refractivity contribution in [3.63, 3.8) is 0 Å². The Morgan fingerprint density at radius 3 is 1.40 bits per heavy atom. The normalized spacial score (nSPS) is 10.9. The first-order chi connectivity index (χ1) is 9.77. The van der Waals surface area contributed by atoms with Crippen LogP contribution in [0.15, 0.2) is 72.8 Å². The molecule has 1 nitrogen and oxygen atoms in total. The second kappa shape index (κ2) is 5.64. The van der Waals surface area contributed by atoms with Gasteiger partial charge in [0.15, 0.2) is 0 Å². The van der Waals surface area contributed by atoms with Crippen LogP contribution < -0.4 is 10.6 Å². The zero-order valence-electron chi connectivity index (χ0n) is 11.8. The third kappa shape index (κ3) is 2.42. The molecule has 2 heteroatoms. The Hall–Kier alpha value is -1.85. The van der Waals surface area contributed by atoms with Crippen molar-refractivity contribution in [3.05, 3.63) is 84.2 Å². The SMILES string of the molecule is Cc1ccc(C)n1P(c1ccccc1)c1ccccc1. The van der Waals surface area contributed by atoms with Crippen molar-refractivity contribution in [1.29, 1.82) is 0 Å². The Kier molecular flexibility index (Phi) is 3.71. The molecule has 0 atom stereocenters. The van der Waals surface area contributed by atoms with Crippen molar-refractivity contribution in [3.8, 4) is 0 Å². The van der Waals surface area contributed by atoms with Crippen LogP contribution in [-0.4, -0.2) is 4.34 Å². The fraction of sp³-hybridized carbons (Fsp3) is 0.111. The highest BCUT2D eigenvalue weighted by Crippen LogP contribution is 2.38. The van der Waals surface area contributed by atoms with E-state index in [1.165, 1.54) is 22.0 Å². The van der Waals surface area contributed by atoms with Gasteiger partial charge in [-0.25, -0.2) is 0 Å². The number of nitrogens with zero attached hydrogens (tertiary/aromatic N) is 1. The molecule has 20 heavy (non-hydrogen) atoms. The third-order valence-corrected chi connectivity index (χ3v) is 6.04. The second-order valence-electron chi connectivity index (χ2n) is 4.91. The van der Waals surface area contributed by atoms with Gasteiger partial charge in [0, 0.05) is 22.0 Å². The van der Waals surface area contributed by atoms with E-state index in [0.29, 0.717) is 0 Å². The van der Waals surface area contributed by atoms with Gasteiger partial charge in [0.2, 0.25) is 0 Å². The largest absolute Gasteiger partial charge is 0.320 e. The van der Waals surface area contributed by atoms with Crippen molar-refractivity contribution < 1.29 is 0 Å². The van der Waals surface area contributed by atoms with Gasteiger partial charge in [-0.2, -0.15) is 0 Å². The van der Waals surface area contributed by atoms with E-state index in [-0.39, 0.29) is 0 Å². The molecule has 0 bridgehead atoms. The van der Waals surface area contributed by atoms with Crippen molar-refractivity contribution >= 4 is 18.7 Å². The molecule has 0 aliphatic heterocycles. The first-order valence-electron chi connectivity index (χ1n) is 6.83. The van der Waals surface area contributed by atoms with Gasteiger partial charge in [0.1, 0.15) is 0 Å². The molecule has 0 spiro atoms. The lowest BCUT2D eigenvalue weighted by Gasteiger charge is -2.23. The maximum atomic E-state index is 2.47. The highest BCUT2D eigenvalue weighted by Gasteiger charge is 2.18. The summed E-state index contributed by atoms with van der Waals surface area (Å²) >= 11 is 0. The Balaban J connectivity index is 2.20. The summed E-state index contributed by atoms with van der Waals surface area (Å²) in [6.07, 6.45) is 0. The fourth-order valence-electron chi connectivity index (χ4n) is 2.49. The average Bonchev–Trinajstić information content (AvgIpc) is 2.82. The van der Waals surface area contributed by atoms with Crippen molar-refractivity contribution in [1.82, 2.24) is 4.34 Å². The summed E-state index contributed by atoms with van der Waals surface area (Å²) in [7, 11) is -0.534. The zero-order chi connectivity index (χ0) is 13.9. The van der Waals surface area contributed by atoms with E-state index in [4.69, 9.17) is 0 Å². The van der Waals surface area contributed by atoms with Gasteiger partial charge in [0.05, 0.1) is 8.07 Å². The summed E-state index contributed by atoms with van der Waals surface area (Å²) in [6.45, 7) is 4.38. The average molecular weight is 279 g/mol. The van der Waals surface area contributed by atoms with Crippen LogP contribution in [-0.2, 0) is 0 Å². The lowest BCUT2D eigenvalue weighted by molar-refractivity contribution is 1.09. The van der Waals surface area contributed by atoms with E-state index in [0.717, 1.165) is 0 Å². The maximum absolute atomic E-state index is 2.47. The van der Waals surface area contributed by atoms with Crippen molar-refractivity contribution in [2.45, 2.75) is 13.8 Å². The molecule has 0 aliphatic carbocycles. The summed E-state index contributed by atoms with van der Waals surface area (Å²) < 4.78 is 2.47. The van der Waals surface area contributed by atoms with Crippen LogP contribution in [0.2, 0.25) is 0 Å². The zero-order valence-corrected chi connectivity index (χ0v) is 12.7. The molecule has 0 unspecified atom stereocenters. The third-order valence-electron chi connectivity index (χ3n) is 3.44. The number of benzene rings is 2. The molecule has 1 heterocycles. The van der Waals surface area contributed by atoms with E-state index < -0.39 is 8.07 Å². The van der Waals surface area contributed by atoms with Crippen LogP contribution in [0.3, 0.4) is 0 Å². The van der Waals surface area contributed by atoms with Gasteiger partial charge in [-0.3, -0.25) is 0 Å². The van der Waals surface area contributed by atoms with Crippen LogP contribution in [0.1, 0.15) is 11.4 Å². The van der Waals surface area contributed by atoms with Crippen LogP contribution >= 0.6 is 8.07 Å². The van der Waals surface area contributed by atoms with Gasteiger partial charge in [0.25, 0.3) is 0 Å². The smallest absolute Gasteiger partial charge is 0.0591 e. The van der Waals surface area contributed by atoms with Crippen LogP contribution in [0, 0.1) is 13.8 Å². The van der Waals surface area contributed by atoms with Gasteiger partial charge in [-0.1, -0.05) is 60.7 Å². The van der Waals surface area contributed by atoms with Gasteiger partial charge < -0.3 is 4.34 Å². The molecule has 100 valence electrons. The van der Waals surface area contributed by atoms with Crippen molar-refractivity contribution in [2.24, 2.45) is 0 Å². The fourth-order valence-corrected chi connectivity index (χ4v) is 4.93. The lowest BCUT2D eigenvalue weighted by Crippen LogP contribution is -2.18. The monoisotopic (exact) mass is 279 g/mol. The molecular weight excluding hydrogens is 261 g/mol. The number of aryl methyl sites for hydroxylation is 2. The number of aromatic nitrogens is 1. The Labute approximate surface area is 121 Å². The molecule has 0 fully saturated rings. The Morgan fingerprint density at radius 2 is 1.00 bits per heavy atom. The summed E-state index contributed by atoms with van der Waals surface area (Å²) in [5.41, 5.74) is 2.64. The first kappa shape index (κ1) is 13.1. The second-order valence-corrected chi connectivity index (χ2v) is 6.97. The van der Waals surface area contributed by atoms with Crippen LogP contribution in [0.5, 0.6) is 0 Å².